The zero-order chi connectivity index (χ0) is 10.8. The van der Waals surface area contributed by atoms with Gasteiger partial charge in [-0.05, 0) is 11.5 Å². The Morgan fingerprint density at radius 3 is 2.47 bits per heavy atom. The van der Waals surface area contributed by atoms with E-state index in [0.29, 0.717) is 17.0 Å². The predicted molar refractivity (Wildman–Crippen MR) is 60.2 cm³/mol. The highest BCUT2D eigenvalue weighted by molar-refractivity contribution is 6.38. The van der Waals surface area contributed by atoms with Crippen molar-refractivity contribution in [2.75, 3.05) is 14.2 Å². The normalized spacial score (nSPS) is 10.3. The maximum absolute atomic E-state index is 5.83. The van der Waals surface area contributed by atoms with Crippen LogP contribution in [-0.4, -0.2) is 27.0 Å². The fourth-order valence-electron chi connectivity index (χ4n) is 1.49. The van der Waals surface area contributed by atoms with E-state index in [1.54, 1.807) is 26.5 Å². The minimum Gasteiger partial charge on any atom is -0.493 e. The van der Waals surface area contributed by atoms with Crippen LogP contribution >= 0.6 is 0 Å². The first kappa shape index (κ1) is 9.83. The SMILES string of the molecule is [B]c1ccnc2cc(OC)c(OC)cc12. The first-order valence-corrected chi connectivity index (χ1v) is 4.52. The Morgan fingerprint density at radius 1 is 1.13 bits per heavy atom. The molecule has 4 heteroatoms. The summed E-state index contributed by atoms with van der Waals surface area (Å²) in [6, 6.07) is 5.40. The van der Waals surface area contributed by atoms with Gasteiger partial charge in [0, 0.05) is 12.3 Å². The van der Waals surface area contributed by atoms with Crippen molar-refractivity contribution < 1.29 is 9.47 Å². The molecular weight excluding hydrogens is 189 g/mol. The lowest BCUT2D eigenvalue weighted by Crippen LogP contribution is -2.04. The molecule has 2 rings (SSSR count). The third-order valence-corrected chi connectivity index (χ3v) is 2.28. The topological polar surface area (TPSA) is 31.4 Å². The third kappa shape index (κ3) is 1.63. The van der Waals surface area contributed by atoms with Gasteiger partial charge in [0.15, 0.2) is 11.5 Å². The first-order chi connectivity index (χ1) is 7.26. The van der Waals surface area contributed by atoms with E-state index in [9.17, 15) is 0 Å². The monoisotopic (exact) mass is 199 g/mol. The number of aromatic nitrogens is 1. The van der Waals surface area contributed by atoms with Crippen molar-refractivity contribution in [2.24, 2.45) is 0 Å². The number of nitrogens with zero attached hydrogens (tertiary/aromatic N) is 1. The fraction of sp³-hybridized carbons (Fsp3) is 0.182. The van der Waals surface area contributed by atoms with Gasteiger partial charge in [0.1, 0.15) is 7.85 Å². The first-order valence-electron chi connectivity index (χ1n) is 4.52. The summed E-state index contributed by atoms with van der Waals surface area (Å²) in [5.74, 6) is 1.31. The van der Waals surface area contributed by atoms with E-state index in [4.69, 9.17) is 17.3 Å². The molecule has 2 radical (unpaired) electrons. The van der Waals surface area contributed by atoms with E-state index in [2.05, 4.69) is 4.98 Å². The Labute approximate surface area is 89.4 Å². The second-order valence-corrected chi connectivity index (χ2v) is 3.12. The number of ether oxygens (including phenoxy) is 2. The molecule has 0 aliphatic carbocycles. The van der Waals surface area contributed by atoms with Crippen molar-refractivity contribution in [2.45, 2.75) is 0 Å². The summed E-state index contributed by atoms with van der Waals surface area (Å²) in [6.45, 7) is 0. The molecule has 15 heavy (non-hydrogen) atoms. The molecule has 1 aromatic heterocycles. The number of benzene rings is 1. The highest BCUT2D eigenvalue weighted by atomic mass is 16.5. The van der Waals surface area contributed by atoms with Crippen LogP contribution in [0.5, 0.6) is 11.5 Å². The van der Waals surface area contributed by atoms with Crippen LogP contribution in [0.25, 0.3) is 10.9 Å². The van der Waals surface area contributed by atoms with Gasteiger partial charge in [-0.15, -0.1) is 0 Å². The molecule has 0 N–H and O–H groups in total. The van der Waals surface area contributed by atoms with Crippen molar-refractivity contribution in [1.29, 1.82) is 0 Å². The predicted octanol–water partition coefficient (Wildman–Crippen LogP) is 1.05. The molecule has 0 spiro atoms. The summed E-state index contributed by atoms with van der Waals surface area (Å²) in [4.78, 5) is 4.21. The van der Waals surface area contributed by atoms with Gasteiger partial charge < -0.3 is 9.47 Å². The Morgan fingerprint density at radius 2 is 1.80 bits per heavy atom. The van der Waals surface area contributed by atoms with Gasteiger partial charge in [-0.3, -0.25) is 4.98 Å². The lowest BCUT2D eigenvalue weighted by atomic mass is 9.92. The molecule has 0 saturated carbocycles. The molecule has 0 fully saturated rings. The standard InChI is InChI=1S/C11H10BNO2/c1-14-10-5-7-8(12)3-4-13-9(7)6-11(10)15-2/h3-6H,1-2H3. The number of methoxy groups -OCH3 is 2. The zero-order valence-electron chi connectivity index (χ0n) is 8.65. The van der Waals surface area contributed by atoms with Crippen molar-refractivity contribution >= 4 is 24.2 Å². The number of fused-ring (bicyclic) bond motifs is 1. The van der Waals surface area contributed by atoms with E-state index in [1.165, 1.54) is 0 Å². The van der Waals surface area contributed by atoms with E-state index in [0.717, 1.165) is 10.9 Å². The van der Waals surface area contributed by atoms with Crippen molar-refractivity contribution in [3.8, 4) is 11.5 Å². The van der Waals surface area contributed by atoms with Crippen LogP contribution in [-0.2, 0) is 0 Å². The van der Waals surface area contributed by atoms with E-state index in [1.807, 2.05) is 12.1 Å². The molecule has 0 bridgehead atoms. The number of hydrogen-bond donors (Lipinski definition) is 0. The van der Waals surface area contributed by atoms with E-state index >= 15 is 0 Å². The van der Waals surface area contributed by atoms with Crippen LogP contribution in [0.3, 0.4) is 0 Å². The van der Waals surface area contributed by atoms with E-state index in [-0.39, 0.29) is 0 Å². The van der Waals surface area contributed by atoms with Gasteiger partial charge in [-0.1, -0.05) is 11.5 Å². The van der Waals surface area contributed by atoms with Gasteiger partial charge in [0.05, 0.1) is 19.7 Å². The summed E-state index contributed by atoms with van der Waals surface area (Å²) in [7, 11) is 9.02. The average Bonchev–Trinajstić information content (AvgIpc) is 2.28. The van der Waals surface area contributed by atoms with Crippen molar-refractivity contribution in [3.05, 3.63) is 24.4 Å². The summed E-state index contributed by atoms with van der Waals surface area (Å²) < 4.78 is 10.4. The summed E-state index contributed by atoms with van der Waals surface area (Å²) in [5.41, 5.74) is 1.48. The number of hydrogen-bond acceptors (Lipinski definition) is 3. The van der Waals surface area contributed by atoms with Gasteiger partial charge in [0.25, 0.3) is 0 Å². The molecule has 0 unspecified atom stereocenters. The second-order valence-electron chi connectivity index (χ2n) is 3.12. The lowest BCUT2D eigenvalue weighted by Gasteiger charge is -2.09. The molecule has 2 aromatic rings. The average molecular weight is 199 g/mol. The molecule has 74 valence electrons. The smallest absolute Gasteiger partial charge is 0.162 e. The molecule has 0 saturated heterocycles. The molecule has 1 heterocycles. The van der Waals surface area contributed by atoms with Crippen LogP contribution in [0.2, 0.25) is 0 Å². The summed E-state index contributed by atoms with van der Waals surface area (Å²) in [6.07, 6.45) is 1.67. The Kier molecular flexibility index (Phi) is 2.50. The molecule has 0 atom stereocenters. The Hall–Kier alpha value is -1.71. The van der Waals surface area contributed by atoms with Gasteiger partial charge in [0.2, 0.25) is 0 Å². The van der Waals surface area contributed by atoms with Crippen LogP contribution in [0, 0.1) is 0 Å². The lowest BCUT2D eigenvalue weighted by molar-refractivity contribution is 0.356. The zero-order valence-corrected chi connectivity index (χ0v) is 8.65. The van der Waals surface area contributed by atoms with Crippen molar-refractivity contribution in [3.63, 3.8) is 0 Å². The summed E-state index contributed by atoms with van der Waals surface area (Å²) in [5, 5.41) is 0.871. The van der Waals surface area contributed by atoms with Crippen LogP contribution in [0.4, 0.5) is 0 Å². The highest BCUT2D eigenvalue weighted by Gasteiger charge is 2.07. The quantitative estimate of drug-likeness (QED) is 0.677. The molecule has 3 nitrogen and oxygen atoms in total. The molecular formula is C11H10BNO2. The van der Waals surface area contributed by atoms with Gasteiger partial charge in [-0.25, -0.2) is 0 Å². The van der Waals surface area contributed by atoms with Gasteiger partial charge in [-0.2, -0.15) is 0 Å². The Balaban J connectivity index is 2.75. The second kappa shape index (κ2) is 3.81. The fourth-order valence-corrected chi connectivity index (χ4v) is 1.49. The minimum absolute atomic E-state index is 0.656. The summed E-state index contributed by atoms with van der Waals surface area (Å²) >= 11 is 0. The molecule has 0 aliphatic rings. The van der Waals surface area contributed by atoms with E-state index < -0.39 is 0 Å². The third-order valence-electron chi connectivity index (χ3n) is 2.28. The maximum atomic E-state index is 5.83. The van der Waals surface area contributed by atoms with Crippen molar-refractivity contribution in [1.82, 2.24) is 4.98 Å². The van der Waals surface area contributed by atoms with Crippen LogP contribution in [0.15, 0.2) is 24.4 Å². The molecule has 0 aliphatic heterocycles. The van der Waals surface area contributed by atoms with Crippen LogP contribution in [0.1, 0.15) is 0 Å². The van der Waals surface area contributed by atoms with Gasteiger partial charge >= 0.3 is 0 Å². The molecule has 1 aromatic carbocycles. The highest BCUT2D eigenvalue weighted by Crippen LogP contribution is 2.30. The largest absolute Gasteiger partial charge is 0.493 e. The van der Waals surface area contributed by atoms with Crippen LogP contribution < -0.4 is 14.9 Å². The maximum Gasteiger partial charge on any atom is 0.162 e. The number of rotatable bonds is 2. The number of pyridine rings is 1. The minimum atomic E-state index is 0.656. The Bertz CT molecular complexity index is 499. The molecule has 0 amide bonds.